The number of hydrogen-bond acceptors (Lipinski definition) is 3. The Morgan fingerprint density at radius 1 is 1.03 bits per heavy atom. The van der Waals surface area contributed by atoms with Crippen LogP contribution in [-0.4, -0.2) is 35.9 Å². The van der Waals surface area contributed by atoms with Gasteiger partial charge in [-0.25, -0.2) is 0 Å². The maximum Gasteiger partial charge on any atom is 0.265 e. The van der Waals surface area contributed by atoms with E-state index >= 15 is 0 Å². The second-order valence-corrected chi connectivity index (χ2v) is 9.02. The molecule has 1 aliphatic rings. The van der Waals surface area contributed by atoms with Gasteiger partial charge < -0.3 is 15.0 Å². The third kappa shape index (κ3) is 5.02. The zero-order valence-corrected chi connectivity index (χ0v) is 18.6. The van der Waals surface area contributed by atoms with Gasteiger partial charge in [0.1, 0.15) is 5.75 Å². The van der Waals surface area contributed by atoms with Crippen molar-refractivity contribution in [2.24, 2.45) is 0 Å². The third-order valence-electron chi connectivity index (χ3n) is 5.54. The molecule has 1 N–H and O–H groups in total. The largest absolute Gasteiger partial charge is 0.481 e. The maximum absolute atomic E-state index is 13.0. The lowest BCUT2D eigenvalue weighted by Gasteiger charge is -2.21. The van der Waals surface area contributed by atoms with E-state index in [1.54, 1.807) is 13.0 Å². The van der Waals surface area contributed by atoms with Crippen LogP contribution in [-0.2, 0) is 10.2 Å². The molecular weight excluding hydrogens is 376 g/mol. The molecule has 1 aliphatic heterocycles. The second-order valence-electron chi connectivity index (χ2n) is 9.02. The van der Waals surface area contributed by atoms with E-state index in [1.807, 2.05) is 48.2 Å². The number of rotatable bonds is 5. The number of nitrogens with zero attached hydrogens (tertiary/aromatic N) is 1. The molecule has 1 heterocycles. The molecule has 1 fully saturated rings. The molecule has 0 spiro atoms. The number of amides is 2. The van der Waals surface area contributed by atoms with Gasteiger partial charge in [0.15, 0.2) is 6.10 Å². The smallest absolute Gasteiger partial charge is 0.265 e. The molecule has 5 nitrogen and oxygen atoms in total. The van der Waals surface area contributed by atoms with E-state index in [0.29, 0.717) is 17.0 Å². The van der Waals surface area contributed by atoms with Gasteiger partial charge in [-0.3, -0.25) is 9.59 Å². The van der Waals surface area contributed by atoms with Crippen LogP contribution >= 0.6 is 0 Å². The van der Waals surface area contributed by atoms with Gasteiger partial charge in [0.25, 0.3) is 11.8 Å². The van der Waals surface area contributed by atoms with E-state index < -0.39 is 6.10 Å². The Labute approximate surface area is 179 Å². The average Bonchev–Trinajstić information content (AvgIpc) is 3.22. The summed E-state index contributed by atoms with van der Waals surface area (Å²) in [7, 11) is 0. The molecule has 2 aromatic rings. The Bertz CT molecular complexity index is 907. The molecule has 2 aromatic carbocycles. The number of carbonyl (C=O) groups excluding carboxylic acids is 2. The van der Waals surface area contributed by atoms with Gasteiger partial charge >= 0.3 is 0 Å². The Kier molecular flexibility index (Phi) is 6.49. The minimum absolute atomic E-state index is 0.0211. The average molecular weight is 409 g/mol. The fourth-order valence-electron chi connectivity index (χ4n) is 3.66. The van der Waals surface area contributed by atoms with E-state index in [-0.39, 0.29) is 17.2 Å². The highest BCUT2D eigenvalue weighted by Gasteiger charge is 2.25. The van der Waals surface area contributed by atoms with Crippen molar-refractivity contribution in [1.82, 2.24) is 4.90 Å². The quantitative estimate of drug-likeness (QED) is 0.763. The molecule has 3 rings (SSSR count). The number of anilines is 1. The van der Waals surface area contributed by atoms with Gasteiger partial charge in [-0.05, 0) is 61.4 Å². The van der Waals surface area contributed by atoms with E-state index in [2.05, 4.69) is 26.1 Å². The van der Waals surface area contributed by atoms with Crippen LogP contribution in [0.1, 0.15) is 62.0 Å². The summed E-state index contributed by atoms with van der Waals surface area (Å²) < 4.78 is 5.84. The first-order valence-electron chi connectivity index (χ1n) is 10.6. The Hall–Kier alpha value is -2.82. The highest BCUT2D eigenvalue weighted by molar-refractivity contribution is 6.05. The summed E-state index contributed by atoms with van der Waals surface area (Å²) in [6, 6.07) is 13.3. The number of benzene rings is 2. The van der Waals surface area contributed by atoms with Gasteiger partial charge in [0, 0.05) is 13.1 Å². The zero-order valence-electron chi connectivity index (χ0n) is 18.6. The number of carbonyl (C=O) groups is 2. The lowest BCUT2D eigenvalue weighted by Crippen LogP contribution is -2.33. The van der Waals surface area contributed by atoms with Crippen molar-refractivity contribution >= 4 is 17.5 Å². The zero-order chi connectivity index (χ0) is 21.9. The monoisotopic (exact) mass is 408 g/mol. The van der Waals surface area contributed by atoms with E-state index in [4.69, 9.17) is 4.74 Å². The van der Waals surface area contributed by atoms with Crippen LogP contribution in [0.5, 0.6) is 5.75 Å². The summed E-state index contributed by atoms with van der Waals surface area (Å²) in [6.07, 6.45) is 1.36. The second kappa shape index (κ2) is 8.90. The summed E-state index contributed by atoms with van der Waals surface area (Å²) in [6.45, 7) is 11.6. The van der Waals surface area contributed by atoms with Crippen molar-refractivity contribution in [3.8, 4) is 5.75 Å². The van der Waals surface area contributed by atoms with Crippen LogP contribution in [0.3, 0.4) is 0 Å². The van der Waals surface area contributed by atoms with Crippen molar-refractivity contribution in [3.05, 3.63) is 59.2 Å². The summed E-state index contributed by atoms with van der Waals surface area (Å²) in [5, 5.41) is 2.90. The molecule has 1 saturated heterocycles. The molecule has 160 valence electrons. The topological polar surface area (TPSA) is 58.6 Å². The van der Waals surface area contributed by atoms with E-state index in [1.165, 1.54) is 5.56 Å². The Balaban J connectivity index is 1.71. The first-order chi connectivity index (χ1) is 14.2. The number of hydrogen-bond donors (Lipinski definition) is 1. The molecule has 0 aliphatic carbocycles. The lowest BCUT2D eigenvalue weighted by atomic mass is 9.87. The minimum atomic E-state index is -0.694. The van der Waals surface area contributed by atoms with Crippen molar-refractivity contribution in [2.45, 2.75) is 59.0 Å². The fraction of sp³-hybridized carbons (Fsp3) is 0.440. The van der Waals surface area contributed by atoms with Crippen LogP contribution in [0.25, 0.3) is 0 Å². The molecule has 5 heteroatoms. The highest BCUT2D eigenvalue weighted by Crippen LogP contribution is 2.26. The van der Waals surface area contributed by atoms with Crippen molar-refractivity contribution in [1.29, 1.82) is 0 Å². The van der Waals surface area contributed by atoms with Crippen molar-refractivity contribution in [2.75, 3.05) is 18.4 Å². The van der Waals surface area contributed by atoms with Gasteiger partial charge in [0.2, 0.25) is 0 Å². The van der Waals surface area contributed by atoms with Gasteiger partial charge in [-0.1, -0.05) is 45.0 Å². The predicted octanol–water partition coefficient (Wildman–Crippen LogP) is 4.93. The molecule has 0 bridgehead atoms. The maximum atomic E-state index is 13.0. The molecule has 0 aromatic heterocycles. The lowest BCUT2D eigenvalue weighted by molar-refractivity contribution is -0.122. The molecule has 2 amide bonds. The van der Waals surface area contributed by atoms with Crippen molar-refractivity contribution < 1.29 is 14.3 Å². The number of ether oxygens (including phenoxy) is 1. The van der Waals surface area contributed by atoms with Crippen LogP contribution in [0.2, 0.25) is 0 Å². The number of nitrogens with one attached hydrogen (secondary N) is 1. The Morgan fingerprint density at radius 3 is 2.27 bits per heavy atom. The van der Waals surface area contributed by atoms with Gasteiger partial charge in [0.05, 0.1) is 11.3 Å². The molecule has 0 radical (unpaired) electrons. The fourth-order valence-corrected chi connectivity index (χ4v) is 3.66. The van der Waals surface area contributed by atoms with Crippen molar-refractivity contribution in [3.63, 3.8) is 0 Å². The minimum Gasteiger partial charge on any atom is -0.481 e. The number of likely N-dealkylation sites (tertiary alicyclic amines) is 1. The summed E-state index contributed by atoms with van der Waals surface area (Å²) in [5.41, 5.74) is 3.23. The van der Waals surface area contributed by atoms with Crippen LogP contribution in [0.15, 0.2) is 42.5 Å². The molecule has 1 atom stereocenters. The first kappa shape index (κ1) is 21.9. The van der Waals surface area contributed by atoms with Crippen LogP contribution in [0, 0.1) is 6.92 Å². The van der Waals surface area contributed by atoms with Gasteiger partial charge in [-0.15, -0.1) is 0 Å². The number of aryl methyl sites for hydroxylation is 1. The van der Waals surface area contributed by atoms with Gasteiger partial charge in [-0.2, -0.15) is 0 Å². The highest BCUT2D eigenvalue weighted by atomic mass is 16.5. The van der Waals surface area contributed by atoms with E-state index in [9.17, 15) is 9.59 Å². The predicted molar refractivity (Wildman–Crippen MR) is 120 cm³/mol. The molecular formula is C25H32N2O3. The molecule has 1 unspecified atom stereocenters. The van der Waals surface area contributed by atoms with E-state index in [0.717, 1.165) is 31.5 Å². The standard InChI is InChI=1S/C25H32N2O3/c1-17-9-8-10-21(22(17)24(29)27-15-6-7-16-27)26-23(28)18(2)30-20-13-11-19(12-14-20)25(3,4)5/h8-14,18H,6-7,15-16H2,1-5H3,(H,26,28). The van der Waals surface area contributed by atoms with Crippen LogP contribution in [0.4, 0.5) is 5.69 Å². The normalized spacial score (nSPS) is 15.0. The third-order valence-corrected chi connectivity index (χ3v) is 5.54. The summed E-state index contributed by atoms with van der Waals surface area (Å²) in [4.78, 5) is 27.6. The first-order valence-corrected chi connectivity index (χ1v) is 10.6. The summed E-state index contributed by atoms with van der Waals surface area (Å²) in [5.74, 6) is 0.339. The van der Waals surface area contributed by atoms with Crippen LogP contribution < -0.4 is 10.1 Å². The summed E-state index contributed by atoms with van der Waals surface area (Å²) >= 11 is 0. The Morgan fingerprint density at radius 2 is 1.67 bits per heavy atom. The SMILES string of the molecule is Cc1cccc(NC(=O)C(C)Oc2ccc(C(C)(C)C)cc2)c1C(=O)N1CCCC1. The molecule has 0 saturated carbocycles. The molecule has 30 heavy (non-hydrogen) atoms.